The molecule has 4 heteroatoms. The molecule has 19 heavy (non-hydrogen) atoms. The number of nitrogens with one attached hydrogen (secondary N) is 2. The molecule has 0 atom stereocenters. The van der Waals surface area contributed by atoms with Gasteiger partial charge < -0.3 is 15.0 Å². The quantitative estimate of drug-likeness (QED) is 0.618. The lowest BCUT2D eigenvalue weighted by atomic mass is 10.1. The first-order valence-electron chi connectivity index (χ1n) is 6.25. The van der Waals surface area contributed by atoms with Crippen LogP contribution in [-0.2, 0) is 4.74 Å². The minimum atomic E-state index is -0.0795. The fraction of sp³-hybridized carbons (Fsp3) is 0.267. The van der Waals surface area contributed by atoms with Gasteiger partial charge in [-0.15, -0.1) is 0 Å². The lowest BCUT2D eigenvalue weighted by Crippen LogP contribution is -2.27. The lowest BCUT2D eigenvalue weighted by Gasteiger charge is -2.07. The van der Waals surface area contributed by atoms with Gasteiger partial charge in [-0.2, -0.15) is 0 Å². The first-order valence-corrected chi connectivity index (χ1v) is 6.25. The summed E-state index contributed by atoms with van der Waals surface area (Å²) in [5.74, 6) is -0.0795. The topological polar surface area (TPSA) is 54.1 Å². The van der Waals surface area contributed by atoms with Crippen molar-refractivity contribution in [3.8, 4) is 0 Å². The van der Waals surface area contributed by atoms with E-state index in [0.717, 1.165) is 16.5 Å². The van der Waals surface area contributed by atoms with E-state index in [1.807, 2.05) is 37.4 Å². The van der Waals surface area contributed by atoms with Crippen molar-refractivity contribution >= 4 is 16.8 Å². The molecule has 4 nitrogen and oxygen atoms in total. The van der Waals surface area contributed by atoms with Gasteiger partial charge >= 0.3 is 0 Å². The van der Waals surface area contributed by atoms with Gasteiger partial charge in [-0.05, 0) is 25.1 Å². The van der Waals surface area contributed by atoms with Gasteiger partial charge in [0.05, 0.1) is 13.2 Å². The highest BCUT2D eigenvalue weighted by molar-refractivity contribution is 6.06. The number of aromatic amines is 1. The Balaban J connectivity index is 1.90. The Morgan fingerprint density at radius 1 is 1.42 bits per heavy atom. The maximum absolute atomic E-state index is 12.1. The van der Waals surface area contributed by atoms with E-state index in [2.05, 4.69) is 16.9 Å². The zero-order valence-electron chi connectivity index (χ0n) is 11.0. The van der Waals surface area contributed by atoms with Crippen LogP contribution >= 0.6 is 0 Å². The number of ether oxygens (including phenoxy) is 1. The number of hydrogen-bond acceptors (Lipinski definition) is 2. The first-order chi connectivity index (χ1) is 9.18. The van der Waals surface area contributed by atoms with E-state index in [1.54, 1.807) is 0 Å². The average Bonchev–Trinajstić information content (AvgIpc) is 2.85. The third-order valence-corrected chi connectivity index (χ3v) is 2.72. The number of rotatable bonds is 6. The summed E-state index contributed by atoms with van der Waals surface area (Å²) < 4.78 is 5.33. The van der Waals surface area contributed by atoms with Crippen LogP contribution in [0.25, 0.3) is 10.9 Å². The number of amides is 1. The van der Waals surface area contributed by atoms with Gasteiger partial charge in [-0.3, -0.25) is 4.79 Å². The highest BCUT2D eigenvalue weighted by Gasteiger charge is 2.09. The molecule has 0 spiro atoms. The zero-order valence-corrected chi connectivity index (χ0v) is 11.0. The van der Waals surface area contributed by atoms with E-state index >= 15 is 0 Å². The molecule has 0 unspecified atom stereocenters. The van der Waals surface area contributed by atoms with Gasteiger partial charge in [0.2, 0.25) is 0 Å². The number of fused-ring (bicyclic) bond motifs is 1. The minimum absolute atomic E-state index is 0.0795. The fourth-order valence-electron chi connectivity index (χ4n) is 1.86. The van der Waals surface area contributed by atoms with E-state index in [4.69, 9.17) is 4.74 Å². The molecule has 0 aliphatic heterocycles. The third-order valence-electron chi connectivity index (χ3n) is 2.72. The van der Waals surface area contributed by atoms with E-state index in [1.165, 1.54) is 0 Å². The summed E-state index contributed by atoms with van der Waals surface area (Å²) in [5, 5.41) is 3.78. The molecule has 2 aromatic rings. The summed E-state index contributed by atoms with van der Waals surface area (Å²) in [6.07, 6.45) is 1.83. The molecule has 1 aromatic carbocycles. The van der Waals surface area contributed by atoms with Crippen molar-refractivity contribution in [2.75, 3.05) is 19.8 Å². The summed E-state index contributed by atoms with van der Waals surface area (Å²) in [4.78, 5) is 15.1. The van der Waals surface area contributed by atoms with Crippen LogP contribution in [-0.4, -0.2) is 30.6 Å². The molecule has 0 saturated carbocycles. The molecule has 0 bridgehead atoms. The second-order valence-electron chi connectivity index (χ2n) is 4.51. The summed E-state index contributed by atoms with van der Waals surface area (Å²) in [5.41, 5.74) is 2.62. The highest BCUT2D eigenvalue weighted by Crippen LogP contribution is 2.16. The van der Waals surface area contributed by atoms with Crippen LogP contribution in [0.3, 0.4) is 0 Å². The van der Waals surface area contributed by atoms with Crippen LogP contribution in [0.4, 0.5) is 0 Å². The largest absolute Gasteiger partial charge is 0.375 e. The van der Waals surface area contributed by atoms with Crippen molar-refractivity contribution in [3.63, 3.8) is 0 Å². The number of carbonyl (C=O) groups is 1. The molecule has 0 aliphatic rings. The number of benzene rings is 1. The molecule has 1 amide bonds. The van der Waals surface area contributed by atoms with Crippen LogP contribution in [0.15, 0.2) is 42.6 Å². The van der Waals surface area contributed by atoms with Crippen LogP contribution in [0.2, 0.25) is 0 Å². The average molecular weight is 258 g/mol. The van der Waals surface area contributed by atoms with Crippen molar-refractivity contribution in [1.29, 1.82) is 0 Å². The monoisotopic (exact) mass is 258 g/mol. The Morgan fingerprint density at radius 2 is 2.26 bits per heavy atom. The molecule has 0 radical (unpaired) electrons. The second-order valence-corrected chi connectivity index (χ2v) is 4.51. The molecule has 100 valence electrons. The Bertz CT molecular complexity index is 587. The molecular formula is C15H18N2O2. The molecule has 0 aliphatic carbocycles. The van der Waals surface area contributed by atoms with Crippen molar-refractivity contribution in [3.05, 3.63) is 48.2 Å². The van der Waals surface area contributed by atoms with Crippen molar-refractivity contribution in [2.45, 2.75) is 6.92 Å². The Morgan fingerprint density at radius 3 is 3.05 bits per heavy atom. The maximum Gasteiger partial charge on any atom is 0.252 e. The standard InChI is InChI=1S/C15H18N2O2/c1-11(2)10-19-9-8-17-15(18)13-4-3-5-14-12(13)6-7-16-14/h3-7,16H,1,8-10H2,2H3,(H,17,18). The Hall–Kier alpha value is -2.07. The van der Waals surface area contributed by atoms with E-state index in [0.29, 0.717) is 25.3 Å². The van der Waals surface area contributed by atoms with E-state index in [-0.39, 0.29) is 5.91 Å². The van der Waals surface area contributed by atoms with Gasteiger partial charge in [0.1, 0.15) is 0 Å². The van der Waals surface area contributed by atoms with Crippen molar-refractivity contribution < 1.29 is 9.53 Å². The van der Waals surface area contributed by atoms with Crippen LogP contribution < -0.4 is 5.32 Å². The minimum Gasteiger partial charge on any atom is -0.375 e. The molecule has 0 saturated heterocycles. The molecule has 2 rings (SSSR count). The number of carbonyl (C=O) groups excluding carboxylic acids is 1. The highest BCUT2D eigenvalue weighted by atomic mass is 16.5. The summed E-state index contributed by atoms with van der Waals surface area (Å²) in [7, 11) is 0. The lowest BCUT2D eigenvalue weighted by molar-refractivity contribution is 0.0928. The van der Waals surface area contributed by atoms with Gasteiger partial charge in [0, 0.05) is 29.2 Å². The number of H-pyrrole nitrogens is 1. The summed E-state index contributed by atoms with van der Waals surface area (Å²) >= 11 is 0. The van der Waals surface area contributed by atoms with Gasteiger partial charge in [-0.25, -0.2) is 0 Å². The molecule has 2 N–H and O–H groups in total. The van der Waals surface area contributed by atoms with Crippen molar-refractivity contribution in [1.82, 2.24) is 10.3 Å². The van der Waals surface area contributed by atoms with Crippen molar-refractivity contribution in [2.24, 2.45) is 0 Å². The molecule has 1 aromatic heterocycles. The van der Waals surface area contributed by atoms with Gasteiger partial charge in [0.15, 0.2) is 0 Å². The number of aromatic nitrogens is 1. The van der Waals surface area contributed by atoms with E-state index in [9.17, 15) is 4.79 Å². The first kappa shape index (κ1) is 13.4. The fourth-order valence-corrected chi connectivity index (χ4v) is 1.86. The van der Waals surface area contributed by atoms with Crippen LogP contribution in [0.1, 0.15) is 17.3 Å². The van der Waals surface area contributed by atoms with Crippen LogP contribution in [0.5, 0.6) is 0 Å². The Kier molecular flexibility index (Phi) is 4.36. The predicted octanol–water partition coefficient (Wildman–Crippen LogP) is 2.49. The Labute approximate surface area is 112 Å². The normalized spacial score (nSPS) is 10.6. The molecular weight excluding hydrogens is 240 g/mol. The summed E-state index contributed by atoms with van der Waals surface area (Å²) in [6, 6.07) is 7.54. The van der Waals surface area contributed by atoms with Gasteiger partial charge in [-0.1, -0.05) is 18.2 Å². The maximum atomic E-state index is 12.1. The predicted molar refractivity (Wildman–Crippen MR) is 76.3 cm³/mol. The number of hydrogen-bond donors (Lipinski definition) is 2. The van der Waals surface area contributed by atoms with Crippen LogP contribution in [0, 0.1) is 0 Å². The zero-order chi connectivity index (χ0) is 13.7. The molecule has 0 fully saturated rings. The second kappa shape index (κ2) is 6.20. The van der Waals surface area contributed by atoms with Gasteiger partial charge in [0.25, 0.3) is 5.91 Å². The third kappa shape index (κ3) is 3.45. The van der Waals surface area contributed by atoms with E-state index < -0.39 is 0 Å². The molecule has 1 heterocycles. The summed E-state index contributed by atoms with van der Waals surface area (Å²) in [6.45, 7) is 7.17. The smallest absolute Gasteiger partial charge is 0.252 e. The SMILES string of the molecule is C=C(C)COCCNC(=O)c1cccc2[nH]ccc12.